The van der Waals surface area contributed by atoms with Gasteiger partial charge in [-0.1, -0.05) is 0 Å². The molecule has 0 atom stereocenters. The van der Waals surface area contributed by atoms with Crippen molar-refractivity contribution in [1.82, 2.24) is 10.3 Å². The summed E-state index contributed by atoms with van der Waals surface area (Å²) in [7, 11) is 1.33. The van der Waals surface area contributed by atoms with Crippen LogP contribution in [0.2, 0.25) is 0 Å². The van der Waals surface area contributed by atoms with Crippen LogP contribution in [0.1, 0.15) is 29.0 Å². The van der Waals surface area contributed by atoms with Crippen molar-refractivity contribution in [3.8, 4) is 5.75 Å². The van der Waals surface area contributed by atoms with Crippen LogP contribution in [-0.2, 0) is 6.18 Å². The van der Waals surface area contributed by atoms with Crippen molar-refractivity contribution in [3.63, 3.8) is 0 Å². The Balaban J connectivity index is 2.36. The number of rotatable bonds is 3. The molecule has 98 valence electrons. The minimum Gasteiger partial charge on any atom is -0.490 e. The van der Waals surface area contributed by atoms with Gasteiger partial charge in [0, 0.05) is 19.2 Å². The molecule has 1 aliphatic rings. The van der Waals surface area contributed by atoms with Crippen LogP contribution in [-0.4, -0.2) is 24.0 Å². The predicted molar refractivity (Wildman–Crippen MR) is 56.3 cm³/mol. The van der Waals surface area contributed by atoms with Crippen molar-refractivity contribution in [2.75, 3.05) is 7.05 Å². The lowest BCUT2D eigenvalue weighted by molar-refractivity contribution is -0.141. The van der Waals surface area contributed by atoms with Crippen molar-refractivity contribution in [1.29, 1.82) is 0 Å². The Labute approximate surface area is 101 Å². The van der Waals surface area contributed by atoms with Gasteiger partial charge in [0.15, 0.2) is 0 Å². The largest absolute Gasteiger partial charge is 0.490 e. The van der Waals surface area contributed by atoms with E-state index in [9.17, 15) is 18.0 Å². The van der Waals surface area contributed by atoms with E-state index in [0.29, 0.717) is 0 Å². The molecule has 0 aliphatic heterocycles. The second kappa shape index (κ2) is 4.47. The third-order valence-corrected chi connectivity index (χ3v) is 2.38. The number of ether oxygens (including phenoxy) is 1. The molecular formula is C11H11F3N2O2. The number of alkyl halides is 3. The van der Waals surface area contributed by atoms with Gasteiger partial charge in [-0.25, -0.2) is 4.98 Å². The van der Waals surface area contributed by atoms with Crippen LogP contribution in [0.15, 0.2) is 12.1 Å². The normalized spacial score (nSPS) is 15.3. The third kappa shape index (κ3) is 2.91. The van der Waals surface area contributed by atoms with Gasteiger partial charge >= 0.3 is 6.18 Å². The summed E-state index contributed by atoms with van der Waals surface area (Å²) < 4.78 is 43.1. The lowest BCUT2D eigenvalue weighted by atomic mass is 10.2. The van der Waals surface area contributed by atoms with E-state index in [-0.39, 0.29) is 17.5 Å². The number of carbonyl (C=O) groups is 1. The molecule has 7 heteroatoms. The molecule has 2 rings (SSSR count). The van der Waals surface area contributed by atoms with E-state index in [4.69, 9.17) is 4.74 Å². The molecule has 1 amide bonds. The molecule has 18 heavy (non-hydrogen) atoms. The Morgan fingerprint density at radius 3 is 2.61 bits per heavy atom. The predicted octanol–water partition coefficient (Wildman–Crippen LogP) is 2.00. The van der Waals surface area contributed by atoms with Crippen LogP contribution in [0.25, 0.3) is 0 Å². The minimum atomic E-state index is -4.61. The highest BCUT2D eigenvalue weighted by Gasteiger charge is 2.34. The van der Waals surface area contributed by atoms with Crippen LogP contribution >= 0.6 is 0 Å². The summed E-state index contributed by atoms with van der Waals surface area (Å²) in [4.78, 5) is 14.6. The fourth-order valence-electron chi connectivity index (χ4n) is 1.34. The fraction of sp³-hybridized carbons (Fsp3) is 0.455. The first kappa shape index (κ1) is 12.7. The number of amides is 1. The topological polar surface area (TPSA) is 51.2 Å². The second-order valence-electron chi connectivity index (χ2n) is 3.97. The SMILES string of the molecule is CNC(=O)c1cc(OC2CC2)cc(C(F)(F)F)n1. The van der Waals surface area contributed by atoms with Crippen LogP contribution in [0, 0.1) is 0 Å². The van der Waals surface area contributed by atoms with Gasteiger partial charge in [0.25, 0.3) is 5.91 Å². The number of carbonyl (C=O) groups excluding carboxylic acids is 1. The highest BCUT2D eigenvalue weighted by Crippen LogP contribution is 2.33. The molecular weight excluding hydrogens is 249 g/mol. The molecule has 0 spiro atoms. The molecule has 1 saturated carbocycles. The monoisotopic (exact) mass is 260 g/mol. The molecule has 0 radical (unpaired) electrons. The Bertz CT molecular complexity index is 470. The minimum absolute atomic E-state index is 0.0263. The average molecular weight is 260 g/mol. The number of halogens is 3. The Hall–Kier alpha value is -1.79. The lowest BCUT2D eigenvalue weighted by Crippen LogP contribution is -2.21. The van der Waals surface area contributed by atoms with Gasteiger partial charge < -0.3 is 10.1 Å². The first-order chi connectivity index (χ1) is 8.40. The highest BCUT2D eigenvalue weighted by atomic mass is 19.4. The zero-order valence-corrected chi connectivity index (χ0v) is 9.54. The maximum atomic E-state index is 12.6. The van der Waals surface area contributed by atoms with Gasteiger partial charge in [-0.05, 0) is 12.8 Å². The maximum Gasteiger partial charge on any atom is 0.433 e. The number of hydrogen-bond donors (Lipinski definition) is 1. The zero-order chi connectivity index (χ0) is 13.3. The number of pyridine rings is 1. The molecule has 0 aromatic carbocycles. The van der Waals surface area contributed by atoms with Gasteiger partial charge in [0.1, 0.15) is 17.1 Å². The molecule has 0 saturated heterocycles. The summed E-state index contributed by atoms with van der Waals surface area (Å²) in [6.07, 6.45) is -3.02. The average Bonchev–Trinajstić information content (AvgIpc) is 3.10. The molecule has 1 aromatic heterocycles. The molecule has 1 fully saturated rings. The Kier molecular flexibility index (Phi) is 3.14. The van der Waals surface area contributed by atoms with E-state index in [0.717, 1.165) is 18.9 Å². The fourth-order valence-corrected chi connectivity index (χ4v) is 1.34. The summed E-state index contributed by atoms with van der Waals surface area (Å²) in [6.45, 7) is 0. The standard InChI is InChI=1S/C11H11F3N2O2/c1-15-10(17)8-4-7(18-6-2-3-6)5-9(16-8)11(12,13)14/h4-6H,2-3H2,1H3,(H,15,17). The zero-order valence-electron chi connectivity index (χ0n) is 9.54. The lowest BCUT2D eigenvalue weighted by Gasteiger charge is -2.11. The maximum absolute atomic E-state index is 12.6. The summed E-state index contributed by atoms with van der Waals surface area (Å²) in [6, 6.07) is 2.02. The molecule has 1 aromatic rings. The van der Waals surface area contributed by atoms with Crippen LogP contribution in [0.4, 0.5) is 13.2 Å². The van der Waals surface area contributed by atoms with E-state index in [1.807, 2.05) is 0 Å². The molecule has 1 aliphatic carbocycles. The smallest absolute Gasteiger partial charge is 0.433 e. The summed E-state index contributed by atoms with van der Waals surface area (Å²) in [5, 5.41) is 2.23. The number of aromatic nitrogens is 1. The van der Waals surface area contributed by atoms with Gasteiger partial charge in [0.05, 0.1) is 6.10 Å². The van der Waals surface area contributed by atoms with Crippen LogP contribution in [0.3, 0.4) is 0 Å². The van der Waals surface area contributed by atoms with Crippen molar-refractivity contribution in [2.45, 2.75) is 25.1 Å². The van der Waals surface area contributed by atoms with E-state index < -0.39 is 17.8 Å². The highest BCUT2D eigenvalue weighted by molar-refractivity contribution is 5.92. The van der Waals surface area contributed by atoms with Crippen LogP contribution < -0.4 is 10.1 Å². The Morgan fingerprint density at radius 1 is 1.44 bits per heavy atom. The van der Waals surface area contributed by atoms with Crippen molar-refractivity contribution in [2.24, 2.45) is 0 Å². The number of nitrogens with one attached hydrogen (secondary N) is 1. The second-order valence-corrected chi connectivity index (χ2v) is 3.97. The molecule has 0 bridgehead atoms. The van der Waals surface area contributed by atoms with E-state index in [2.05, 4.69) is 10.3 Å². The van der Waals surface area contributed by atoms with E-state index in [1.165, 1.54) is 13.1 Å². The van der Waals surface area contributed by atoms with Gasteiger partial charge in [-0.15, -0.1) is 0 Å². The van der Waals surface area contributed by atoms with Gasteiger partial charge in [0.2, 0.25) is 0 Å². The molecule has 4 nitrogen and oxygen atoms in total. The van der Waals surface area contributed by atoms with Crippen molar-refractivity contribution in [3.05, 3.63) is 23.5 Å². The molecule has 1 N–H and O–H groups in total. The first-order valence-corrected chi connectivity index (χ1v) is 5.38. The summed E-state index contributed by atoms with van der Waals surface area (Å²) in [5.74, 6) is -0.653. The Morgan fingerprint density at radius 2 is 2.11 bits per heavy atom. The summed E-state index contributed by atoms with van der Waals surface area (Å²) in [5.41, 5.74) is -1.43. The number of hydrogen-bond acceptors (Lipinski definition) is 3. The quantitative estimate of drug-likeness (QED) is 0.904. The van der Waals surface area contributed by atoms with Gasteiger partial charge in [-0.2, -0.15) is 13.2 Å². The van der Waals surface area contributed by atoms with Gasteiger partial charge in [-0.3, -0.25) is 4.79 Å². The van der Waals surface area contributed by atoms with Crippen LogP contribution in [0.5, 0.6) is 5.75 Å². The molecule has 0 unspecified atom stereocenters. The summed E-state index contributed by atoms with van der Waals surface area (Å²) >= 11 is 0. The van der Waals surface area contributed by atoms with Crippen molar-refractivity contribution >= 4 is 5.91 Å². The van der Waals surface area contributed by atoms with E-state index >= 15 is 0 Å². The third-order valence-electron chi connectivity index (χ3n) is 2.38. The van der Waals surface area contributed by atoms with Crippen molar-refractivity contribution < 1.29 is 22.7 Å². The first-order valence-electron chi connectivity index (χ1n) is 5.38. The number of nitrogens with zero attached hydrogens (tertiary/aromatic N) is 1. The molecule has 1 heterocycles. The van der Waals surface area contributed by atoms with E-state index in [1.54, 1.807) is 0 Å².